The van der Waals surface area contributed by atoms with Crippen LogP contribution < -0.4 is 0 Å². The molecule has 2 aromatic carbocycles. The van der Waals surface area contributed by atoms with Crippen molar-refractivity contribution in [2.75, 3.05) is 13.1 Å². The van der Waals surface area contributed by atoms with Crippen LogP contribution in [0.25, 0.3) is 5.69 Å². The molecule has 26 heavy (non-hydrogen) atoms. The predicted molar refractivity (Wildman–Crippen MR) is 91.7 cm³/mol. The molecule has 1 atom stereocenters. The number of carbonyl (C=O) groups is 1. The van der Waals surface area contributed by atoms with Crippen LogP contribution in [0, 0.1) is 0 Å². The SMILES string of the molecule is O=C(c1cc(-n2cnnn2)ccc1O)N1CCC(O)(c2ccccc2)C1. The van der Waals surface area contributed by atoms with Crippen LogP contribution in [0.3, 0.4) is 0 Å². The Balaban J connectivity index is 1.60. The maximum absolute atomic E-state index is 12.9. The van der Waals surface area contributed by atoms with Crippen LogP contribution >= 0.6 is 0 Å². The molecule has 0 bridgehead atoms. The molecule has 1 amide bonds. The van der Waals surface area contributed by atoms with Crippen molar-refractivity contribution >= 4 is 5.91 Å². The highest BCUT2D eigenvalue weighted by atomic mass is 16.3. The molecule has 1 aliphatic heterocycles. The van der Waals surface area contributed by atoms with E-state index in [0.29, 0.717) is 18.7 Å². The molecule has 2 N–H and O–H groups in total. The minimum absolute atomic E-state index is 0.123. The molecule has 1 fully saturated rings. The topological polar surface area (TPSA) is 104 Å². The molecule has 8 nitrogen and oxygen atoms in total. The van der Waals surface area contributed by atoms with Crippen LogP contribution in [0.5, 0.6) is 5.75 Å². The van der Waals surface area contributed by atoms with Gasteiger partial charge in [0, 0.05) is 6.54 Å². The molecule has 1 aliphatic rings. The zero-order valence-electron chi connectivity index (χ0n) is 13.9. The summed E-state index contributed by atoms with van der Waals surface area (Å²) in [5.74, 6) is -0.466. The van der Waals surface area contributed by atoms with Gasteiger partial charge in [-0.2, -0.15) is 0 Å². The zero-order chi connectivity index (χ0) is 18.1. The van der Waals surface area contributed by atoms with E-state index >= 15 is 0 Å². The van der Waals surface area contributed by atoms with Gasteiger partial charge in [-0.25, -0.2) is 4.68 Å². The van der Waals surface area contributed by atoms with Crippen LogP contribution in [0.4, 0.5) is 0 Å². The molecular formula is C18H17N5O3. The number of hydrogen-bond donors (Lipinski definition) is 2. The van der Waals surface area contributed by atoms with E-state index in [1.54, 1.807) is 11.0 Å². The van der Waals surface area contributed by atoms with Gasteiger partial charge in [0.1, 0.15) is 17.7 Å². The first-order valence-electron chi connectivity index (χ1n) is 8.20. The highest BCUT2D eigenvalue weighted by molar-refractivity contribution is 5.97. The number of benzene rings is 2. The van der Waals surface area contributed by atoms with E-state index in [1.807, 2.05) is 30.3 Å². The van der Waals surface area contributed by atoms with Crippen molar-refractivity contribution in [2.24, 2.45) is 0 Å². The smallest absolute Gasteiger partial charge is 0.257 e. The molecule has 2 heterocycles. The van der Waals surface area contributed by atoms with Gasteiger partial charge < -0.3 is 15.1 Å². The number of nitrogens with zero attached hydrogens (tertiary/aromatic N) is 5. The number of tetrazole rings is 1. The van der Waals surface area contributed by atoms with Crippen LogP contribution in [0.15, 0.2) is 54.9 Å². The van der Waals surface area contributed by atoms with E-state index in [-0.39, 0.29) is 23.8 Å². The molecule has 3 aromatic rings. The Labute approximate surface area is 149 Å². The average Bonchev–Trinajstić information content (AvgIpc) is 3.33. The standard InChI is InChI=1S/C18H17N5O3/c24-16-7-6-14(23-12-19-20-21-23)10-15(16)17(25)22-9-8-18(26,11-22)13-4-2-1-3-5-13/h1-7,10,12,24,26H,8-9,11H2. The van der Waals surface area contributed by atoms with Gasteiger partial charge in [0.25, 0.3) is 5.91 Å². The number of rotatable bonds is 3. The number of carbonyl (C=O) groups excluding carboxylic acids is 1. The molecule has 0 aliphatic carbocycles. The Morgan fingerprint density at radius 2 is 1.96 bits per heavy atom. The van der Waals surface area contributed by atoms with Crippen LogP contribution in [-0.4, -0.2) is 54.3 Å². The lowest BCUT2D eigenvalue weighted by Gasteiger charge is -2.24. The number of amides is 1. The van der Waals surface area contributed by atoms with E-state index in [9.17, 15) is 15.0 Å². The molecular weight excluding hydrogens is 334 g/mol. The summed E-state index contributed by atoms with van der Waals surface area (Å²) in [5, 5.41) is 32.0. The maximum atomic E-state index is 12.9. The maximum Gasteiger partial charge on any atom is 0.257 e. The highest BCUT2D eigenvalue weighted by Gasteiger charge is 2.40. The summed E-state index contributed by atoms with van der Waals surface area (Å²) in [7, 11) is 0. The van der Waals surface area contributed by atoms with E-state index in [1.165, 1.54) is 23.1 Å². The van der Waals surface area contributed by atoms with Crippen LogP contribution in [0.1, 0.15) is 22.3 Å². The summed E-state index contributed by atoms with van der Waals surface area (Å²) < 4.78 is 1.40. The number of aromatic nitrogens is 4. The molecule has 1 aromatic heterocycles. The minimum atomic E-state index is -1.08. The van der Waals surface area contributed by atoms with Gasteiger partial charge in [0.15, 0.2) is 0 Å². The summed E-state index contributed by atoms with van der Waals surface area (Å²) in [6, 6.07) is 13.9. The fraction of sp³-hybridized carbons (Fsp3) is 0.222. The molecule has 8 heteroatoms. The molecule has 1 unspecified atom stereocenters. The number of phenols is 1. The second-order valence-corrected chi connectivity index (χ2v) is 6.33. The summed E-state index contributed by atoms with van der Waals surface area (Å²) in [6.45, 7) is 0.573. The van der Waals surface area contributed by atoms with Crippen LogP contribution in [0.2, 0.25) is 0 Å². The number of likely N-dealkylation sites (tertiary alicyclic amines) is 1. The first-order chi connectivity index (χ1) is 12.6. The van der Waals surface area contributed by atoms with Gasteiger partial charge in [-0.1, -0.05) is 30.3 Å². The second kappa shape index (κ2) is 6.23. The molecule has 132 valence electrons. The van der Waals surface area contributed by atoms with Gasteiger partial charge in [-0.3, -0.25) is 4.79 Å². The Morgan fingerprint density at radius 3 is 2.69 bits per heavy atom. The quantitative estimate of drug-likeness (QED) is 0.732. The molecule has 0 spiro atoms. The lowest BCUT2D eigenvalue weighted by molar-refractivity contribution is 0.0416. The van der Waals surface area contributed by atoms with Crippen molar-refractivity contribution in [3.8, 4) is 11.4 Å². The van der Waals surface area contributed by atoms with Crippen molar-refractivity contribution in [2.45, 2.75) is 12.0 Å². The van der Waals surface area contributed by atoms with Gasteiger partial charge in [-0.15, -0.1) is 5.10 Å². The van der Waals surface area contributed by atoms with Gasteiger partial charge in [-0.05, 0) is 40.6 Å². The Morgan fingerprint density at radius 1 is 1.15 bits per heavy atom. The highest BCUT2D eigenvalue weighted by Crippen LogP contribution is 2.33. The third kappa shape index (κ3) is 2.80. The lowest BCUT2D eigenvalue weighted by Crippen LogP contribution is -2.34. The molecule has 0 radical (unpaired) electrons. The molecule has 0 saturated carbocycles. The zero-order valence-corrected chi connectivity index (χ0v) is 13.9. The van der Waals surface area contributed by atoms with Crippen molar-refractivity contribution in [3.63, 3.8) is 0 Å². The summed E-state index contributed by atoms with van der Waals surface area (Å²) in [6.07, 6.45) is 1.85. The number of phenolic OH excluding ortho intramolecular Hbond substituents is 1. The Kier molecular flexibility index (Phi) is 3.89. The first-order valence-corrected chi connectivity index (χ1v) is 8.20. The fourth-order valence-electron chi connectivity index (χ4n) is 3.24. The average molecular weight is 351 g/mol. The second-order valence-electron chi connectivity index (χ2n) is 6.33. The van der Waals surface area contributed by atoms with Crippen molar-refractivity contribution in [3.05, 3.63) is 66.0 Å². The van der Waals surface area contributed by atoms with E-state index in [0.717, 1.165) is 5.56 Å². The Bertz CT molecular complexity index is 929. The third-order valence-corrected chi connectivity index (χ3v) is 4.67. The van der Waals surface area contributed by atoms with Gasteiger partial charge >= 0.3 is 0 Å². The van der Waals surface area contributed by atoms with Crippen LogP contribution in [-0.2, 0) is 5.60 Å². The number of aliphatic hydroxyl groups is 1. The monoisotopic (exact) mass is 351 g/mol. The van der Waals surface area contributed by atoms with Crippen molar-refractivity contribution < 1.29 is 15.0 Å². The normalized spacial score (nSPS) is 19.7. The summed E-state index contributed by atoms with van der Waals surface area (Å²) in [5.41, 5.74) is 0.408. The number of hydrogen-bond acceptors (Lipinski definition) is 6. The minimum Gasteiger partial charge on any atom is -0.507 e. The summed E-state index contributed by atoms with van der Waals surface area (Å²) >= 11 is 0. The predicted octanol–water partition coefficient (Wildman–Crippen LogP) is 1.10. The fourth-order valence-corrected chi connectivity index (χ4v) is 3.24. The molecule has 4 rings (SSSR count). The van der Waals surface area contributed by atoms with Gasteiger partial charge in [0.05, 0.1) is 17.8 Å². The van der Waals surface area contributed by atoms with Crippen molar-refractivity contribution in [1.82, 2.24) is 25.1 Å². The van der Waals surface area contributed by atoms with E-state index < -0.39 is 5.60 Å². The van der Waals surface area contributed by atoms with E-state index in [2.05, 4.69) is 15.5 Å². The third-order valence-electron chi connectivity index (χ3n) is 4.67. The Hall–Kier alpha value is -3.26. The summed E-state index contributed by atoms with van der Waals surface area (Å²) in [4.78, 5) is 14.4. The molecule has 1 saturated heterocycles. The van der Waals surface area contributed by atoms with E-state index in [4.69, 9.17) is 0 Å². The largest absolute Gasteiger partial charge is 0.507 e. The number of β-amino-alcohol motifs (C(OH)–C–C–N with tert-alkyl or cyclic N) is 1. The first kappa shape index (κ1) is 16.2. The van der Waals surface area contributed by atoms with Crippen molar-refractivity contribution in [1.29, 1.82) is 0 Å². The lowest BCUT2D eigenvalue weighted by atomic mass is 9.93. The number of aromatic hydroxyl groups is 1. The van der Waals surface area contributed by atoms with Gasteiger partial charge in [0.2, 0.25) is 0 Å².